The highest BCUT2D eigenvalue weighted by Crippen LogP contribution is 2.14. The fourth-order valence-electron chi connectivity index (χ4n) is 2.31. The van der Waals surface area contributed by atoms with Gasteiger partial charge >= 0.3 is 0 Å². The average Bonchev–Trinajstić information content (AvgIpc) is 2.86. The van der Waals surface area contributed by atoms with E-state index in [4.69, 9.17) is 0 Å². The van der Waals surface area contributed by atoms with Crippen molar-refractivity contribution in [2.45, 2.75) is 20.4 Å². The van der Waals surface area contributed by atoms with Gasteiger partial charge in [-0.05, 0) is 19.1 Å². The van der Waals surface area contributed by atoms with E-state index in [1.807, 2.05) is 4.90 Å². The van der Waals surface area contributed by atoms with Crippen molar-refractivity contribution >= 4 is 23.2 Å². The lowest BCUT2D eigenvalue weighted by Crippen LogP contribution is -2.53. The van der Waals surface area contributed by atoms with E-state index < -0.39 is 0 Å². The van der Waals surface area contributed by atoms with Crippen LogP contribution >= 0.6 is 11.3 Å². The Kier molecular flexibility index (Phi) is 5.00. The Morgan fingerprint density at radius 2 is 1.95 bits per heavy atom. The molecule has 0 aliphatic carbocycles. The number of rotatable bonds is 2. The number of guanidine groups is 1. The van der Waals surface area contributed by atoms with Crippen LogP contribution in [0.2, 0.25) is 0 Å². The summed E-state index contributed by atoms with van der Waals surface area (Å²) in [5.74, 6) is 1.07. The number of thiophene rings is 1. The molecule has 5 nitrogen and oxygen atoms in total. The smallest absolute Gasteiger partial charge is 0.219 e. The van der Waals surface area contributed by atoms with E-state index in [0.29, 0.717) is 0 Å². The van der Waals surface area contributed by atoms with E-state index in [1.165, 1.54) is 9.75 Å². The Morgan fingerprint density at radius 3 is 2.45 bits per heavy atom. The zero-order valence-corrected chi connectivity index (χ0v) is 13.2. The zero-order valence-electron chi connectivity index (χ0n) is 12.3. The van der Waals surface area contributed by atoms with Gasteiger partial charge in [0, 0.05) is 49.9 Å². The van der Waals surface area contributed by atoms with Gasteiger partial charge in [-0.25, -0.2) is 0 Å². The van der Waals surface area contributed by atoms with E-state index >= 15 is 0 Å². The van der Waals surface area contributed by atoms with Gasteiger partial charge < -0.3 is 15.1 Å². The summed E-state index contributed by atoms with van der Waals surface area (Å²) in [5.41, 5.74) is 0. The molecular weight excluding hydrogens is 272 g/mol. The van der Waals surface area contributed by atoms with Crippen molar-refractivity contribution in [2.24, 2.45) is 4.99 Å². The molecule has 20 heavy (non-hydrogen) atoms. The highest BCUT2D eigenvalue weighted by Gasteiger charge is 2.20. The summed E-state index contributed by atoms with van der Waals surface area (Å²) in [6.07, 6.45) is 0. The third-order valence-corrected chi connectivity index (χ3v) is 4.45. The topological polar surface area (TPSA) is 47.9 Å². The first-order chi connectivity index (χ1) is 9.60. The molecule has 0 saturated carbocycles. The molecule has 0 bridgehead atoms. The lowest BCUT2D eigenvalue weighted by molar-refractivity contribution is -0.130. The molecule has 110 valence electrons. The summed E-state index contributed by atoms with van der Waals surface area (Å²) >= 11 is 1.80. The van der Waals surface area contributed by atoms with Crippen LogP contribution in [0.15, 0.2) is 17.1 Å². The molecule has 1 aliphatic rings. The van der Waals surface area contributed by atoms with Crippen LogP contribution in [0, 0.1) is 6.92 Å². The number of hydrogen-bond acceptors (Lipinski definition) is 3. The quantitative estimate of drug-likeness (QED) is 0.660. The Labute approximate surface area is 124 Å². The summed E-state index contributed by atoms with van der Waals surface area (Å²) in [6, 6.07) is 4.28. The second-order valence-electron chi connectivity index (χ2n) is 4.91. The third-order valence-electron chi connectivity index (χ3n) is 3.45. The summed E-state index contributed by atoms with van der Waals surface area (Å²) in [4.78, 5) is 22.4. The van der Waals surface area contributed by atoms with Crippen LogP contribution in [0.25, 0.3) is 0 Å². The second kappa shape index (κ2) is 6.74. The van der Waals surface area contributed by atoms with Crippen molar-refractivity contribution < 1.29 is 4.79 Å². The fourth-order valence-corrected chi connectivity index (χ4v) is 3.14. The van der Waals surface area contributed by atoms with Crippen molar-refractivity contribution in [2.75, 3.05) is 33.2 Å². The molecule has 2 heterocycles. The van der Waals surface area contributed by atoms with Gasteiger partial charge in [0.15, 0.2) is 5.96 Å². The molecule has 1 aliphatic heterocycles. The van der Waals surface area contributed by atoms with E-state index in [2.05, 4.69) is 34.3 Å². The van der Waals surface area contributed by atoms with E-state index in [1.54, 1.807) is 25.3 Å². The van der Waals surface area contributed by atoms with Crippen LogP contribution < -0.4 is 5.32 Å². The van der Waals surface area contributed by atoms with Crippen LogP contribution in [0.1, 0.15) is 16.7 Å². The van der Waals surface area contributed by atoms with Gasteiger partial charge in [-0.15, -0.1) is 11.3 Å². The number of carbonyl (C=O) groups is 1. The SMILES string of the molecule is CN=C(NCc1ccc(C)s1)N1CCN(C(C)=O)CC1. The molecule has 1 N–H and O–H groups in total. The molecule has 0 radical (unpaired) electrons. The predicted molar refractivity (Wildman–Crippen MR) is 83.1 cm³/mol. The van der Waals surface area contributed by atoms with Gasteiger partial charge in [-0.1, -0.05) is 0 Å². The summed E-state index contributed by atoms with van der Waals surface area (Å²) in [7, 11) is 1.80. The Bertz CT molecular complexity index is 489. The highest BCUT2D eigenvalue weighted by atomic mass is 32.1. The number of aryl methyl sites for hydroxylation is 1. The molecule has 1 fully saturated rings. The van der Waals surface area contributed by atoms with Crippen LogP contribution in [0.4, 0.5) is 0 Å². The van der Waals surface area contributed by atoms with Crippen LogP contribution in [0.5, 0.6) is 0 Å². The van der Waals surface area contributed by atoms with Crippen molar-refractivity contribution in [3.63, 3.8) is 0 Å². The number of amides is 1. The van der Waals surface area contributed by atoms with E-state index in [0.717, 1.165) is 38.7 Å². The van der Waals surface area contributed by atoms with Crippen LogP contribution in [0.3, 0.4) is 0 Å². The van der Waals surface area contributed by atoms with Gasteiger partial charge in [-0.3, -0.25) is 9.79 Å². The predicted octanol–water partition coefficient (Wildman–Crippen LogP) is 1.30. The number of hydrogen-bond donors (Lipinski definition) is 1. The lowest BCUT2D eigenvalue weighted by Gasteiger charge is -2.36. The first-order valence-electron chi connectivity index (χ1n) is 6.86. The number of nitrogens with zero attached hydrogens (tertiary/aromatic N) is 3. The monoisotopic (exact) mass is 294 g/mol. The maximum absolute atomic E-state index is 11.3. The molecule has 6 heteroatoms. The molecule has 1 aromatic rings. The first kappa shape index (κ1) is 14.8. The van der Waals surface area contributed by atoms with Gasteiger partial charge in [0.2, 0.25) is 5.91 Å². The Hall–Kier alpha value is -1.56. The van der Waals surface area contributed by atoms with E-state index in [9.17, 15) is 4.79 Å². The minimum atomic E-state index is 0.154. The standard InChI is InChI=1S/C14H22N4OS/c1-11-4-5-13(20-11)10-16-14(15-3)18-8-6-17(7-9-18)12(2)19/h4-5H,6-10H2,1-3H3,(H,15,16). The summed E-state index contributed by atoms with van der Waals surface area (Å²) < 4.78 is 0. The molecule has 1 aromatic heterocycles. The largest absolute Gasteiger partial charge is 0.351 e. The van der Waals surface area contributed by atoms with Crippen molar-refractivity contribution in [1.29, 1.82) is 0 Å². The second-order valence-corrected chi connectivity index (χ2v) is 6.28. The fraction of sp³-hybridized carbons (Fsp3) is 0.571. The molecule has 0 spiro atoms. The number of aliphatic imine (C=N–C) groups is 1. The Morgan fingerprint density at radius 1 is 1.30 bits per heavy atom. The van der Waals surface area contributed by atoms with Crippen LogP contribution in [-0.2, 0) is 11.3 Å². The van der Waals surface area contributed by atoms with Crippen molar-refractivity contribution in [3.05, 3.63) is 21.9 Å². The molecule has 1 saturated heterocycles. The molecule has 0 aromatic carbocycles. The number of carbonyl (C=O) groups excluding carboxylic acids is 1. The maximum atomic E-state index is 11.3. The molecule has 0 atom stereocenters. The number of nitrogens with one attached hydrogen (secondary N) is 1. The summed E-state index contributed by atoms with van der Waals surface area (Å²) in [6.45, 7) is 7.76. The number of piperazine rings is 1. The van der Waals surface area contributed by atoms with Crippen molar-refractivity contribution in [3.8, 4) is 0 Å². The van der Waals surface area contributed by atoms with Gasteiger partial charge in [-0.2, -0.15) is 0 Å². The normalized spacial score (nSPS) is 16.4. The minimum Gasteiger partial charge on any atom is -0.351 e. The maximum Gasteiger partial charge on any atom is 0.219 e. The molecule has 2 rings (SSSR count). The lowest BCUT2D eigenvalue weighted by atomic mass is 10.3. The molecular formula is C14H22N4OS. The highest BCUT2D eigenvalue weighted by molar-refractivity contribution is 7.11. The van der Waals surface area contributed by atoms with Gasteiger partial charge in [0.25, 0.3) is 0 Å². The minimum absolute atomic E-state index is 0.154. The van der Waals surface area contributed by atoms with E-state index in [-0.39, 0.29) is 5.91 Å². The first-order valence-corrected chi connectivity index (χ1v) is 7.68. The zero-order chi connectivity index (χ0) is 14.5. The van der Waals surface area contributed by atoms with Gasteiger partial charge in [0.05, 0.1) is 6.54 Å². The third kappa shape index (κ3) is 3.72. The average molecular weight is 294 g/mol. The summed E-state index contributed by atoms with van der Waals surface area (Å²) in [5, 5.41) is 3.40. The molecule has 0 unspecified atom stereocenters. The van der Waals surface area contributed by atoms with Crippen LogP contribution in [-0.4, -0.2) is 54.9 Å². The van der Waals surface area contributed by atoms with Gasteiger partial charge in [0.1, 0.15) is 0 Å². The molecule has 1 amide bonds. The Balaban J connectivity index is 1.85. The van der Waals surface area contributed by atoms with Crippen molar-refractivity contribution in [1.82, 2.24) is 15.1 Å².